The zero-order valence-electron chi connectivity index (χ0n) is 14.8. The molecule has 1 amide bonds. The second-order valence-electron chi connectivity index (χ2n) is 6.55. The third kappa shape index (κ3) is 3.59. The molecule has 0 saturated carbocycles. The van der Waals surface area contributed by atoms with Gasteiger partial charge in [-0.1, -0.05) is 0 Å². The second-order valence-corrected chi connectivity index (χ2v) is 6.55. The number of amides is 1. The van der Waals surface area contributed by atoms with Crippen LogP contribution < -0.4 is 15.0 Å². The summed E-state index contributed by atoms with van der Waals surface area (Å²) in [6.07, 6.45) is 0. The van der Waals surface area contributed by atoms with E-state index >= 15 is 0 Å². The number of carbonyl (C=O) groups excluding carboxylic acids is 1. The van der Waals surface area contributed by atoms with E-state index in [0.717, 1.165) is 0 Å². The average molecular weight is 337 g/mol. The zero-order valence-corrected chi connectivity index (χ0v) is 14.8. The van der Waals surface area contributed by atoms with Crippen LogP contribution in [0.25, 0.3) is 0 Å². The van der Waals surface area contributed by atoms with Crippen molar-refractivity contribution in [3.63, 3.8) is 0 Å². The lowest BCUT2D eigenvalue weighted by molar-refractivity contribution is -0.723. The smallest absolute Gasteiger partial charge is 0.293 e. The lowest BCUT2D eigenvalue weighted by atomic mass is 10.1. The van der Waals surface area contributed by atoms with Crippen LogP contribution in [-0.4, -0.2) is 62.1 Å². The molecule has 0 unspecified atom stereocenters. The van der Waals surface area contributed by atoms with Crippen LogP contribution >= 0.6 is 0 Å². The van der Waals surface area contributed by atoms with Gasteiger partial charge in [0.1, 0.15) is 23.5 Å². The fourth-order valence-corrected chi connectivity index (χ4v) is 3.19. The monoisotopic (exact) mass is 337 g/mol. The molecule has 8 heteroatoms. The summed E-state index contributed by atoms with van der Waals surface area (Å²) < 4.78 is 5.33. The van der Waals surface area contributed by atoms with Gasteiger partial charge in [0.25, 0.3) is 11.6 Å². The number of methoxy groups -OCH3 is 1. The highest BCUT2D eigenvalue weighted by molar-refractivity contribution is 5.99. The molecule has 2 rings (SSSR count). The zero-order chi connectivity index (χ0) is 18.0. The van der Waals surface area contributed by atoms with E-state index in [1.165, 1.54) is 13.2 Å². The molecule has 0 spiro atoms. The SMILES string of the molecule is COc1cc(N(C)C)c([N+](=O)[O-])cc1C(=O)N1C[C@H](C)[NH2+][C@@H](C)C1. The highest BCUT2D eigenvalue weighted by Gasteiger charge is 2.32. The lowest BCUT2D eigenvalue weighted by Crippen LogP contribution is -2.99. The number of nitro benzene ring substituents is 1. The van der Waals surface area contributed by atoms with Gasteiger partial charge in [-0.2, -0.15) is 0 Å². The van der Waals surface area contributed by atoms with Crippen molar-refractivity contribution in [3.05, 3.63) is 27.8 Å². The van der Waals surface area contributed by atoms with Crippen molar-refractivity contribution in [2.75, 3.05) is 39.2 Å². The van der Waals surface area contributed by atoms with Crippen molar-refractivity contribution in [3.8, 4) is 5.75 Å². The minimum atomic E-state index is -0.471. The topological polar surface area (TPSA) is 92.5 Å². The van der Waals surface area contributed by atoms with Crippen molar-refractivity contribution in [1.29, 1.82) is 0 Å². The molecule has 0 aromatic heterocycles. The predicted octanol–water partition coefficient (Wildman–Crippen LogP) is 0.466. The minimum Gasteiger partial charge on any atom is -0.496 e. The van der Waals surface area contributed by atoms with E-state index in [1.807, 2.05) is 0 Å². The van der Waals surface area contributed by atoms with E-state index < -0.39 is 4.92 Å². The van der Waals surface area contributed by atoms with Crippen molar-refractivity contribution >= 4 is 17.3 Å². The third-order valence-corrected chi connectivity index (χ3v) is 4.17. The van der Waals surface area contributed by atoms with Gasteiger partial charge in [0.2, 0.25) is 0 Å². The normalized spacial score (nSPS) is 20.6. The summed E-state index contributed by atoms with van der Waals surface area (Å²) >= 11 is 0. The molecule has 1 heterocycles. The number of hydrogen-bond donors (Lipinski definition) is 1. The van der Waals surface area contributed by atoms with E-state index in [-0.39, 0.29) is 17.2 Å². The van der Waals surface area contributed by atoms with E-state index in [0.29, 0.717) is 36.6 Å². The summed E-state index contributed by atoms with van der Waals surface area (Å²) in [5.74, 6) is 0.121. The fraction of sp³-hybridized carbons (Fsp3) is 0.562. The number of hydrogen-bond acceptors (Lipinski definition) is 5. The first-order valence-corrected chi connectivity index (χ1v) is 7.92. The number of anilines is 1. The molecule has 1 aliphatic rings. The van der Waals surface area contributed by atoms with Crippen LogP contribution in [0.3, 0.4) is 0 Å². The van der Waals surface area contributed by atoms with E-state index in [2.05, 4.69) is 19.2 Å². The number of benzene rings is 1. The maximum absolute atomic E-state index is 12.9. The first-order chi connectivity index (χ1) is 11.2. The van der Waals surface area contributed by atoms with Crippen LogP contribution in [0.5, 0.6) is 5.75 Å². The molecule has 0 bridgehead atoms. The molecule has 2 N–H and O–H groups in total. The maximum Gasteiger partial charge on any atom is 0.293 e. The highest BCUT2D eigenvalue weighted by atomic mass is 16.6. The molecule has 132 valence electrons. The number of nitrogens with two attached hydrogens (primary N) is 1. The van der Waals surface area contributed by atoms with Crippen LogP contribution in [0.2, 0.25) is 0 Å². The molecule has 1 aromatic carbocycles. The van der Waals surface area contributed by atoms with Gasteiger partial charge >= 0.3 is 0 Å². The summed E-state index contributed by atoms with van der Waals surface area (Å²) in [5, 5.41) is 13.6. The summed E-state index contributed by atoms with van der Waals surface area (Å²) in [4.78, 5) is 27.2. The minimum absolute atomic E-state index is 0.103. The number of quaternary nitrogens is 1. The summed E-state index contributed by atoms with van der Waals surface area (Å²) in [6.45, 7) is 5.33. The molecular weight excluding hydrogens is 312 g/mol. The molecule has 2 atom stereocenters. The number of piperazine rings is 1. The summed E-state index contributed by atoms with van der Waals surface area (Å²) in [6, 6.07) is 3.46. The lowest BCUT2D eigenvalue weighted by Gasteiger charge is -2.33. The van der Waals surface area contributed by atoms with Gasteiger partial charge in [-0.15, -0.1) is 0 Å². The van der Waals surface area contributed by atoms with Gasteiger partial charge in [-0.25, -0.2) is 0 Å². The Labute approximate surface area is 141 Å². The van der Waals surface area contributed by atoms with Crippen LogP contribution in [-0.2, 0) is 0 Å². The Bertz CT molecular complexity index is 637. The van der Waals surface area contributed by atoms with Crippen molar-refractivity contribution in [2.24, 2.45) is 0 Å². The van der Waals surface area contributed by atoms with E-state index in [1.54, 1.807) is 30.0 Å². The molecule has 1 saturated heterocycles. The third-order valence-electron chi connectivity index (χ3n) is 4.17. The maximum atomic E-state index is 12.9. The Balaban J connectivity index is 2.46. The van der Waals surface area contributed by atoms with Gasteiger partial charge in [0.15, 0.2) is 0 Å². The standard InChI is InChI=1S/C16H24N4O4/c1-10-8-19(9-11(2)17-10)16(21)12-6-14(20(22)23)13(18(3)4)7-15(12)24-5/h6-7,10-11,17H,8-9H2,1-5H3/p+1/t10-,11-/m0/s1. The Morgan fingerprint density at radius 1 is 1.33 bits per heavy atom. The van der Waals surface area contributed by atoms with Crippen LogP contribution in [0, 0.1) is 10.1 Å². The number of nitrogens with zero attached hydrogens (tertiary/aromatic N) is 3. The Hall–Kier alpha value is -2.35. The summed E-state index contributed by atoms with van der Waals surface area (Å²) in [5.41, 5.74) is 0.534. The Morgan fingerprint density at radius 3 is 2.38 bits per heavy atom. The number of nitro groups is 1. The van der Waals surface area contributed by atoms with Gasteiger partial charge in [0.05, 0.1) is 30.7 Å². The molecular formula is C16H25N4O4+. The highest BCUT2D eigenvalue weighted by Crippen LogP contribution is 2.35. The van der Waals surface area contributed by atoms with E-state index in [4.69, 9.17) is 4.74 Å². The molecule has 1 fully saturated rings. The van der Waals surface area contributed by atoms with Crippen molar-refractivity contribution < 1.29 is 19.8 Å². The molecule has 1 aliphatic heterocycles. The Kier molecular flexibility index (Phi) is 5.28. The number of ether oxygens (including phenoxy) is 1. The Morgan fingerprint density at radius 2 is 1.92 bits per heavy atom. The largest absolute Gasteiger partial charge is 0.496 e. The predicted molar refractivity (Wildman–Crippen MR) is 90.7 cm³/mol. The molecule has 24 heavy (non-hydrogen) atoms. The van der Waals surface area contributed by atoms with Gasteiger partial charge in [-0.3, -0.25) is 14.9 Å². The first kappa shape index (κ1) is 18.0. The quantitative estimate of drug-likeness (QED) is 0.637. The second kappa shape index (κ2) is 7.04. The van der Waals surface area contributed by atoms with E-state index in [9.17, 15) is 14.9 Å². The molecule has 0 radical (unpaired) electrons. The number of rotatable bonds is 4. The van der Waals surface area contributed by atoms with Crippen LogP contribution in [0.15, 0.2) is 12.1 Å². The fourth-order valence-electron chi connectivity index (χ4n) is 3.19. The van der Waals surface area contributed by atoms with Crippen LogP contribution in [0.1, 0.15) is 24.2 Å². The van der Waals surface area contributed by atoms with Crippen LogP contribution in [0.4, 0.5) is 11.4 Å². The number of carbonyl (C=O) groups is 1. The van der Waals surface area contributed by atoms with Gasteiger partial charge < -0.3 is 19.9 Å². The first-order valence-electron chi connectivity index (χ1n) is 7.92. The van der Waals surface area contributed by atoms with Crippen molar-refractivity contribution in [1.82, 2.24) is 4.90 Å². The van der Waals surface area contributed by atoms with Gasteiger partial charge in [0, 0.05) is 26.2 Å². The summed E-state index contributed by atoms with van der Waals surface area (Å²) in [7, 11) is 4.90. The van der Waals surface area contributed by atoms with Gasteiger partial charge in [-0.05, 0) is 13.8 Å². The molecule has 0 aliphatic carbocycles. The van der Waals surface area contributed by atoms with Crippen molar-refractivity contribution in [2.45, 2.75) is 25.9 Å². The molecule has 1 aromatic rings. The average Bonchev–Trinajstić information content (AvgIpc) is 2.51. The molecule has 8 nitrogen and oxygen atoms in total.